The molecule has 2 amide bonds. The van der Waals surface area contributed by atoms with Crippen molar-refractivity contribution in [2.24, 2.45) is 0 Å². The molecule has 422 valence electrons. The molecule has 79 heavy (non-hydrogen) atoms. The number of thiophene rings is 2. The zero-order valence-corrected chi connectivity index (χ0v) is 48.3. The Bertz CT molecular complexity index is 3510. The van der Waals surface area contributed by atoms with Crippen molar-refractivity contribution in [3.63, 3.8) is 0 Å². The van der Waals surface area contributed by atoms with E-state index in [0.717, 1.165) is 27.3 Å². The molecular weight excluding hydrogens is 1110 g/mol. The zero-order valence-electron chi connectivity index (χ0n) is 45.0. The molecule has 4 saturated heterocycles. The van der Waals surface area contributed by atoms with Crippen molar-refractivity contribution in [1.82, 2.24) is 37.7 Å². The lowest BCUT2D eigenvalue weighted by Crippen LogP contribution is -2.85. The van der Waals surface area contributed by atoms with Crippen molar-refractivity contribution in [2.45, 2.75) is 101 Å². The number of ether oxygens (including phenoxy) is 1. The second kappa shape index (κ2) is 20.6. The number of rotatable bonds is 13. The van der Waals surface area contributed by atoms with E-state index in [1.54, 1.807) is 45.2 Å². The largest absolute Gasteiger partial charge is 0.491 e. The first kappa shape index (κ1) is 56.5. The van der Waals surface area contributed by atoms with Crippen LogP contribution in [0.25, 0.3) is 0 Å². The van der Waals surface area contributed by atoms with E-state index < -0.39 is 72.9 Å². The van der Waals surface area contributed by atoms with E-state index in [0.29, 0.717) is 28.8 Å². The summed E-state index contributed by atoms with van der Waals surface area (Å²) in [6.07, 6.45) is -5.22. The van der Waals surface area contributed by atoms with Gasteiger partial charge in [0.25, 0.3) is 0 Å². The van der Waals surface area contributed by atoms with Crippen LogP contribution in [0.15, 0.2) is 88.9 Å². The van der Waals surface area contributed by atoms with Gasteiger partial charge in [-0.1, -0.05) is 34.6 Å². The fourth-order valence-electron chi connectivity index (χ4n) is 13.4. The second-order valence-electron chi connectivity index (χ2n) is 21.6. The van der Waals surface area contributed by atoms with Gasteiger partial charge in [-0.2, -0.15) is 44.5 Å². The smallest absolute Gasteiger partial charge is 0.392 e. The van der Waals surface area contributed by atoms with Crippen molar-refractivity contribution in [3.8, 4) is 0 Å². The number of nitrogens with zero attached hydrogens (tertiary/aromatic N) is 8. The molecule has 10 rings (SSSR count). The number of halogens is 3. The third-order valence-corrected chi connectivity index (χ3v) is 22.6. The van der Waals surface area contributed by atoms with Gasteiger partial charge < -0.3 is 23.6 Å². The van der Waals surface area contributed by atoms with Crippen LogP contribution < -0.4 is 8.97 Å². The quantitative estimate of drug-likeness (QED) is 0.0633. The van der Waals surface area contributed by atoms with Crippen LogP contribution in [0, 0.1) is 55.4 Å². The Kier molecular flexibility index (Phi) is 14.7. The third kappa shape index (κ3) is 9.34. The fraction of sp³-hybridized carbons (Fsp3) is 0.463. The summed E-state index contributed by atoms with van der Waals surface area (Å²) in [6, 6.07) is 13.5. The number of esters is 1. The Labute approximate surface area is 465 Å². The van der Waals surface area contributed by atoms with Crippen LogP contribution in [-0.2, 0) is 39.2 Å². The number of sulfonamides is 2. The van der Waals surface area contributed by atoms with E-state index in [1.807, 2.05) is 60.3 Å². The highest BCUT2D eigenvalue weighted by Gasteiger charge is 2.73. The Morgan fingerprint density at radius 2 is 1.19 bits per heavy atom. The normalized spacial score (nSPS) is 25.3. The minimum Gasteiger partial charge on any atom is -0.392 e. The zero-order chi connectivity index (χ0) is 56.8. The number of aromatic nitrogens is 2. The first-order chi connectivity index (χ1) is 37.3. The molecule has 18 nitrogen and oxygen atoms in total. The summed E-state index contributed by atoms with van der Waals surface area (Å²) in [5.74, 6) is -4.68. The summed E-state index contributed by atoms with van der Waals surface area (Å²) >= 11 is 2.81. The highest BCUT2D eigenvalue weighted by atomic mass is 32.2. The van der Waals surface area contributed by atoms with Gasteiger partial charge in [0.05, 0.1) is 44.6 Å². The number of piperazine rings is 2. The molecule has 0 bridgehead atoms. The molecule has 0 saturated carbocycles. The molecule has 6 atom stereocenters. The van der Waals surface area contributed by atoms with Gasteiger partial charge in [0.2, 0.25) is 26.5 Å². The van der Waals surface area contributed by atoms with Crippen LogP contribution in [0.5, 0.6) is 0 Å². The fourth-order valence-corrected chi connectivity index (χ4v) is 18.4. The predicted molar refractivity (Wildman–Crippen MR) is 290 cm³/mol. The molecule has 8 heterocycles. The molecule has 2 aromatic carbocycles. The lowest BCUT2D eigenvalue weighted by atomic mass is 9.85. The van der Waals surface area contributed by atoms with Gasteiger partial charge in [0, 0.05) is 36.3 Å². The maximum absolute atomic E-state index is 16.8. The number of alkyl halides is 3. The Morgan fingerprint density at radius 3 is 1.66 bits per heavy atom. The number of aryl methyl sites for hydroxylation is 8. The molecule has 1 unspecified atom stereocenters. The molecule has 4 aliphatic rings. The molecule has 25 heteroatoms. The van der Waals surface area contributed by atoms with Gasteiger partial charge in [-0.3, -0.25) is 14.1 Å². The van der Waals surface area contributed by atoms with Gasteiger partial charge in [-0.05, 0) is 111 Å². The van der Waals surface area contributed by atoms with E-state index in [9.17, 15) is 18.0 Å². The second-order valence-corrected chi connectivity index (χ2v) is 26.9. The van der Waals surface area contributed by atoms with Crippen LogP contribution in [0.2, 0.25) is 0 Å². The Balaban J connectivity index is 1.15. The predicted octanol–water partition coefficient (Wildman–Crippen LogP) is 7.40. The highest BCUT2D eigenvalue weighted by Crippen LogP contribution is 2.52. The molecule has 4 aliphatic heterocycles. The lowest BCUT2D eigenvalue weighted by Gasteiger charge is -2.59. The standard InChI is InChI=1S/C54H63F3N8O10S4/c1-33-9-11-35(3)45(23-33)64(47-27-62(25-43(47)41-13-21-76-29-41)78(69,70)49-37(5)58-74-39(49)7)18-16-61(17-19-64)51(67)53(73-52(68)54(55,56)57)31-60(32-66)15-20-65(53,46-24-34(2)10-12-36(46)4)48-28-63(26-44(48)42-14-22-77-30-42)79(71,72)50-38(6)59-75-40(50)8/h9-14,21-24,29-30,32,43-44,47-48H,15-20,25-28,31H2,1-8H3/q+2/t43-,44-,47+,48+,53?,65+/m1/s1. The minimum atomic E-state index is -5.64. The van der Waals surface area contributed by atoms with Crippen molar-refractivity contribution in [1.29, 1.82) is 0 Å². The number of hydrogen-bond acceptors (Lipinski definition) is 14. The minimum absolute atomic E-state index is 0.0140. The van der Waals surface area contributed by atoms with Gasteiger partial charge in [-0.15, -0.1) is 0 Å². The van der Waals surface area contributed by atoms with Crippen LogP contribution >= 0.6 is 22.7 Å². The van der Waals surface area contributed by atoms with Crippen molar-refractivity contribution >= 4 is 72.4 Å². The number of hydrogen-bond donors (Lipinski definition) is 0. The summed E-state index contributed by atoms with van der Waals surface area (Å²) in [7, 11) is -8.64. The summed E-state index contributed by atoms with van der Waals surface area (Å²) in [5.41, 5.74) is 3.17. The number of carbonyl (C=O) groups is 3. The molecule has 6 aromatic rings. The maximum atomic E-state index is 16.8. The first-order valence-corrected chi connectivity index (χ1v) is 30.7. The van der Waals surface area contributed by atoms with E-state index in [-0.39, 0.29) is 109 Å². The summed E-state index contributed by atoms with van der Waals surface area (Å²) in [5, 5.41) is 15.5. The summed E-state index contributed by atoms with van der Waals surface area (Å²) in [6.45, 7) is 11.9. The van der Waals surface area contributed by atoms with E-state index in [1.165, 1.54) is 50.0 Å². The van der Waals surface area contributed by atoms with Gasteiger partial charge in [0.15, 0.2) is 11.5 Å². The first-order valence-electron chi connectivity index (χ1n) is 25.9. The molecule has 0 radical (unpaired) electrons. The average Bonchev–Trinajstić information content (AvgIpc) is 3.76. The van der Waals surface area contributed by atoms with Crippen LogP contribution in [0.1, 0.15) is 68.1 Å². The number of benzene rings is 2. The topological polar surface area (TPSA) is 194 Å². The molecule has 4 fully saturated rings. The maximum Gasteiger partial charge on any atom is 0.491 e. The number of carbonyl (C=O) groups excluding carboxylic acids is 3. The average molecular weight is 1170 g/mol. The van der Waals surface area contributed by atoms with Crippen molar-refractivity contribution < 1.29 is 58.2 Å². The monoisotopic (exact) mass is 1170 g/mol. The Hall–Kier alpha value is -5.80. The molecular formula is C54H63F3N8O10S4+2. The Morgan fingerprint density at radius 1 is 0.696 bits per heavy atom. The lowest BCUT2D eigenvalue weighted by molar-refractivity contribution is -0.242. The summed E-state index contributed by atoms with van der Waals surface area (Å²) < 4.78 is 124. The van der Waals surface area contributed by atoms with Gasteiger partial charge >= 0.3 is 23.8 Å². The van der Waals surface area contributed by atoms with Crippen molar-refractivity contribution in [3.05, 3.63) is 126 Å². The number of amides is 2. The number of quaternary nitrogens is 2. The van der Waals surface area contributed by atoms with E-state index >= 15 is 26.4 Å². The highest BCUT2D eigenvalue weighted by molar-refractivity contribution is 7.89. The van der Waals surface area contributed by atoms with E-state index in [4.69, 9.17) is 13.8 Å². The van der Waals surface area contributed by atoms with Crippen molar-refractivity contribution in [2.75, 3.05) is 72.0 Å². The van der Waals surface area contributed by atoms with Gasteiger partial charge in [0.1, 0.15) is 70.8 Å². The third-order valence-electron chi connectivity index (χ3n) is 17.0. The molecule has 4 aromatic heterocycles. The van der Waals surface area contributed by atoms with Gasteiger partial charge in [-0.25, -0.2) is 26.1 Å². The van der Waals surface area contributed by atoms with Crippen LogP contribution in [-0.4, -0.2) is 160 Å². The summed E-state index contributed by atoms with van der Waals surface area (Å²) in [4.78, 5) is 46.4. The van der Waals surface area contributed by atoms with E-state index in [2.05, 4.69) is 16.4 Å². The van der Waals surface area contributed by atoms with Crippen LogP contribution in [0.4, 0.5) is 24.5 Å². The SMILES string of the molecule is Cc1ccc(C)c([N+]2([C@H]3CN(S(=O)(=O)c4c(C)noc4C)C[C@@H]3c3ccsc3)CCN(C(=O)C3(OC(=O)C(F)(F)F)CN(C=O)CC[N@+]3(c3cc(C)ccc3C)[C@H]3CN(S(=O)(=O)c4c(C)noc4C)C[C@@H]3c3ccsc3)CC2)c1. The molecule has 0 aliphatic carbocycles. The van der Waals surface area contributed by atoms with Crippen LogP contribution in [0.3, 0.4) is 0 Å². The molecule has 0 spiro atoms. The molecule has 0 N–H and O–H groups in total.